The summed E-state index contributed by atoms with van der Waals surface area (Å²) in [6, 6.07) is 46.4. The van der Waals surface area contributed by atoms with Gasteiger partial charge in [0.1, 0.15) is 0 Å². The van der Waals surface area contributed by atoms with Crippen LogP contribution in [0.1, 0.15) is 0 Å². The van der Waals surface area contributed by atoms with Crippen LogP contribution in [0.25, 0.3) is 71.1 Å². The molecule has 0 fully saturated rings. The van der Waals surface area contributed by atoms with Crippen LogP contribution in [-0.4, -0.2) is 4.40 Å². The van der Waals surface area contributed by atoms with Crippen molar-refractivity contribution < 1.29 is 0 Å². The highest BCUT2D eigenvalue weighted by atomic mass is 14.9. The van der Waals surface area contributed by atoms with Crippen molar-refractivity contribution in [3.05, 3.63) is 127 Å². The Morgan fingerprint density at radius 2 is 0.971 bits per heavy atom. The Bertz CT molecular complexity index is 2030. The third-order valence-corrected chi connectivity index (χ3v) is 7.51. The minimum absolute atomic E-state index is 1.24. The maximum absolute atomic E-state index is 2.46. The van der Waals surface area contributed by atoms with E-state index in [1.165, 1.54) is 71.1 Å². The van der Waals surface area contributed by atoms with Gasteiger partial charge in [-0.15, -0.1) is 0 Å². The summed E-state index contributed by atoms with van der Waals surface area (Å²) in [5, 5.41) is 7.94. The van der Waals surface area contributed by atoms with E-state index in [1.807, 2.05) is 0 Å². The number of hydrogen-bond acceptors (Lipinski definition) is 0. The van der Waals surface area contributed by atoms with Gasteiger partial charge >= 0.3 is 0 Å². The Hall–Kier alpha value is -4.62. The molecule has 0 atom stereocenters. The lowest BCUT2D eigenvalue weighted by Gasteiger charge is -2.07. The molecule has 35 heavy (non-hydrogen) atoms. The first-order valence-electron chi connectivity index (χ1n) is 12.1. The van der Waals surface area contributed by atoms with Crippen molar-refractivity contribution in [2.45, 2.75) is 0 Å². The molecule has 1 heteroatoms. The van der Waals surface area contributed by atoms with E-state index in [-0.39, 0.29) is 0 Å². The van der Waals surface area contributed by atoms with Crippen molar-refractivity contribution in [3.63, 3.8) is 0 Å². The third kappa shape index (κ3) is 2.58. The smallest absolute Gasteiger partial charge is 0.0626 e. The average molecular weight is 444 g/mol. The fraction of sp³-hybridized carbons (Fsp3) is 0. The van der Waals surface area contributed by atoms with Crippen LogP contribution in [0, 0.1) is 0 Å². The van der Waals surface area contributed by atoms with E-state index in [9.17, 15) is 0 Å². The largest absolute Gasteiger partial charge is 0.308 e. The van der Waals surface area contributed by atoms with Gasteiger partial charge in [-0.2, -0.15) is 0 Å². The summed E-state index contributed by atoms with van der Waals surface area (Å²) in [5.41, 5.74) is 8.86. The van der Waals surface area contributed by atoms with Gasteiger partial charge in [-0.25, -0.2) is 0 Å². The van der Waals surface area contributed by atoms with E-state index in [1.54, 1.807) is 0 Å². The fourth-order valence-corrected chi connectivity index (χ4v) is 5.91. The number of fused-ring (bicyclic) bond motifs is 8. The number of nitrogens with zero attached hydrogens (tertiary/aromatic N) is 1. The van der Waals surface area contributed by atoms with Gasteiger partial charge in [-0.05, 0) is 57.3 Å². The standard InChI is InChI=1S/C34H21N/c1-2-8-22(9-3-1)23-14-16-24(17-15-23)25-18-19-32-30(20-25)33-27-11-5-4-10-26(27)21-29-28-12-6-7-13-31(28)35(32)34(29)33/h1-21H. The molecule has 0 radical (unpaired) electrons. The molecule has 1 nitrogen and oxygen atoms in total. The van der Waals surface area contributed by atoms with Gasteiger partial charge in [-0.3, -0.25) is 0 Å². The predicted molar refractivity (Wildman–Crippen MR) is 149 cm³/mol. The quantitative estimate of drug-likeness (QED) is 0.251. The van der Waals surface area contributed by atoms with E-state index in [0.717, 1.165) is 0 Å². The molecule has 8 rings (SSSR count). The van der Waals surface area contributed by atoms with Crippen LogP contribution < -0.4 is 0 Å². The van der Waals surface area contributed by atoms with E-state index in [2.05, 4.69) is 132 Å². The third-order valence-electron chi connectivity index (χ3n) is 7.51. The molecule has 0 aliphatic carbocycles. The molecular formula is C34H21N. The SMILES string of the molecule is c1ccc(-c2ccc(-c3ccc4c(c3)c3c5ccccc5cc5c6ccccc6n4c53)cc2)cc1. The van der Waals surface area contributed by atoms with Crippen molar-refractivity contribution in [2.24, 2.45) is 0 Å². The number of benzene rings is 6. The molecule has 0 aliphatic rings. The van der Waals surface area contributed by atoms with Crippen LogP contribution in [-0.2, 0) is 0 Å². The lowest BCUT2D eigenvalue weighted by molar-refractivity contribution is 1.37. The first-order chi connectivity index (χ1) is 17.4. The first kappa shape index (κ1) is 18.8. The Balaban J connectivity index is 1.43. The summed E-state index contributed by atoms with van der Waals surface area (Å²) < 4.78 is 2.46. The Morgan fingerprint density at radius 1 is 0.371 bits per heavy atom. The van der Waals surface area contributed by atoms with E-state index >= 15 is 0 Å². The van der Waals surface area contributed by atoms with Gasteiger partial charge in [-0.1, -0.05) is 103 Å². The van der Waals surface area contributed by atoms with Gasteiger partial charge in [0.05, 0.1) is 16.6 Å². The molecule has 0 saturated carbocycles. The minimum Gasteiger partial charge on any atom is -0.308 e. The summed E-state index contributed by atoms with van der Waals surface area (Å²) in [6.07, 6.45) is 0. The second kappa shape index (κ2) is 6.94. The molecule has 2 heterocycles. The van der Waals surface area contributed by atoms with E-state index in [4.69, 9.17) is 0 Å². The Morgan fingerprint density at radius 3 is 1.80 bits per heavy atom. The number of hydrogen-bond donors (Lipinski definition) is 0. The van der Waals surface area contributed by atoms with E-state index < -0.39 is 0 Å². The van der Waals surface area contributed by atoms with Gasteiger partial charge in [0.25, 0.3) is 0 Å². The van der Waals surface area contributed by atoms with Crippen molar-refractivity contribution in [3.8, 4) is 22.3 Å². The van der Waals surface area contributed by atoms with Gasteiger partial charge < -0.3 is 4.40 Å². The maximum atomic E-state index is 2.46. The molecule has 0 aliphatic heterocycles. The monoisotopic (exact) mass is 443 g/mol. The highest BCUT2D eigenvalue weighted by Crippen LogP contribution is 2.43. The summed E-state index contributed by atoms with van der Waals surface area (Å²) in [7, 11) is 0. The molecule has 2 aromatic heterocycles. The zero-order chi connectivity index (χ0) is 22.9. The second-order valence-electron chi connectivity index (χ2n) is 9.40. The highest BCUT2D eigenvalue weighted by molar-refractivity contribution is 6.31. The highest BCUT2D eigenvalue weighted by Gasteiger charge is 2.19. The van der Waals surface area contributed by atoms with Gasteiger partial charge in [0.15, 0.2) is 0 Å². The van der Waals surface area contributed by atoms with Crippen molar-refractivity contribution in [1.29, 1.82) is 0 Å². The zero-order valence-electron chi connectivity index (χ0n) is 19.1. The summed E-state index contributed by atoms with van der Waals surface area (Å²) in [5.74, 6) is 0. The molecule has 8 aromatic rings. The first-order valence-corrected chi connectivity index (χ1v) is 12.1. The van der Waals surface area contributed by atoms with Crippen LogP contribution in [0.2, 0.25) is 0 Å². The van der Waals surface area contributed by atoms with Crippen molar-refractivity contribution in [1.82, 2.24) is 4.40 Å². The molecule has 162 valence electrons. The van der Waals surface area contributed by atoms with Crippen LogP contribution in [0.3, 0.4) is 0 Å². The van der Waals surface area contributed by atoms with Crippen LogP contribution in [0.15, 0.2) is 127 Å². The molecule has 0 saturated heterocycles. The average Bonchev–Trinajstić information content (AvgIpc) is 3.44. The topological polar surface area (TPSA) is 4.41 Å². The molecular weight excluding hydrogens is 422 g/mol. The Kier molecular flexibility index (Phi) is 3.72. The summed E-state index contributed by atoms with van der Waals surface area (Å²) >= 11 is 0. The lowest BCUT2D eigenvalue weighted by atomic mass is 9.97. The van der Waals surface area contributed by atoms with Gasteiger partial charge in [0.2, 0.25) is 0 Å². The number of rotatable bonds is 2. The number of para-hydroxylation sites is 1. The summed E-state index contributed by atoms with van der Waals surface area (Å²) in [6.45, 7) is 0. The maximum Gasteiger partial charge on any atom is 0.0626 e. The normalized spacial score (nSPS) is 12.0. The predicted octanol–water partition coefficient (Wildman–Crippen LogP) is 9.32. The molecule has 0 N–H and O–H groups in total. The molecule has 0 unspecified atom stereocenters. The lowest BCUT2D eigenvalue weighted by Crippen LogP contribution is -1.83. The van der Waals surface area contributed by atoms with Crippen molar-refractivity contribution >= 4 is 48.9 Å². The Labute approximate surface area is 202 Å². The van der Waals surface area contributed by atoms with Crippen LogP contribution >= 0.6 is 0 Å². The number of aromatic nitrogens is 1. The van der Waals surface area contributed by atoms with Crippen LogP contribution in [0.5, 0.6) is 0 Å². The molecule has 0 bridgehead atoms. The van der Waals surface area contributed by atoms with Gasteiger partial charge in [0, 0.05) is 21.5 Å². The second-order valence-corrected chi connectivity index (χ2v) is 9.40. The van der Waals surface area contributed by atoms with E-state index in [0.29, 0.717) is 0 Å². The molecule has 0 amide bonds. The molecule has 0 spiro atoms. The zero-order valence-corrected chi connectivity index (χ0v) is 19.1. The van der Waals surface area contributed by atoms with Crippen molar-refractivity contribution in [2.75, 3.05) is 0 Å². The van der Waals surface area contributed by atoms with Crippen LogP contribution in [0.4, 0.5) is 0 Å². The minimum atomic E-state index is 1.24. The summed E-state index contributed by atoms with van der Waals surface area (Å²) in [4.78, 5) is 0. The fourth-order valence-electron chi connectivity index (χ4n) is 5.91. The molecule has 6 aromatic carbocycles.